The predicted molar refractivity (Wildman–Crippen MR) is 231 cm³/mol. The highest BCUT2D eigenvalue weighted by Gasteiger charge is 2.28. The van der Waals surface area contributed by atoms with E-state index in [4.69, 9.17) is 9.05 Å². The molecule has 0 saturated carbocycles. The molecule has 0 aromatic heterocycles. The van der Waals surface area contributed by atoms with Crippen LogP contribution >= 0.6 is 7.82 Å². The number of hydrogen-bond acceptors (Lipinski definition) is 5. The van der Waals surface area contributed by atoms with Crippen molar-refractivity contribution in [2.24, 2.45) is 0 Å². The Kier molecular flexibility index (Phi) is 36.8. The summed E-state index contributed by atoms with van der Waals surface area (Å²) in [5.74, 6) is -0.158. The van der Waals surface area contributed by atoms with Gasteiger partial charge in [0.1, 0.15) is 13.2 Å². The summed E-state index contributed by atoms with van der Waals surface area (Å²) in [4.78, 5) is 23.1. The van der Waals surface area contributed by atoms with Crippen molar-refractivity contribution in [3.05, 3.63) is 24.3 Å². The first-order valence-corrected chi connectivity index (χ1v) is 24.2. The average Bonchev–Trinajstić information content (AvgIpc) is 3.12. The number of rotatable bonds is 41. The quantitative estimate of drug-likeness (QED) is 0.0247. The van der Waals surface area contributed by atoms with Gasteiger partial charge in [-0.3, -0.25) is 13.8 Å². The van der Waals surface area contributed by atoms with Crippen LogP contribution in [0.15, 0.2) is 24.3 Å². The molecule has 320 valence electrons. The van der Waals surface area contributed by atoms with Gasteiger partial charge in [-0.25, -0.2) is 4.57 Å². The Bertz CT molecular complexity index is 938. The molecule has 0 aliphatic carbocycles. The zero-order valence-electron chi connectivity index (χ0n) is 36.2. The molecule has 0 aliphatic rings. The summed E-state index contributed by atoms with van der Waals surface area (Å²) >= 11 is 0. The van der Waals surface area contributed by atoms with E-state index in [2.05, 4.69) is 43.5 Å². The van der Waals surface area contributed by atoms with E-state index in [1.165, 1.54) is 116 Å². The zero-order chi connectivity index (χ0) is 40.0. The predicted octanol–water partition coefficient (Wildman–Crippen LogP) is 12.5. The Morgan fingerprint density at radius 2 is 1.06 bits per heavy atom. The monoisotopic (exact) mass is 786 g/mol. The van der Waals surface area contributed by atoms with Crippen LogP contribution in [-0.2, 0) is 18.4 Å². The van der Waals surface area contributed by atoms with Crippen LogP contribution in [0.25, 0.3) is 0 Å². The van der Waals surface area contributed by atoms with Crippen LogP contribution in [0.3, 0.4) is 0 Å². The Labute approximate surface area is 334 Å². The Hall–Kier alpha value is -1.02. The van der Waals surface area contributed by atoms with Gasteiger partial charge in [-0.05, 0) is 44.9 Å². The smallest absolute Gasteiger partial charge is 0.391 e. The van der Waals surface area contributed by atoms with E-state index in [9.17, 15) is 19.4 Å². The number of phosphoric ester groups is 1. The minimum absolute atomic E-state index is 0.0724. The number of nitrogens with zero attached hydrogens (tertiary/aromatic N) is 1. The average molecular weight is 786 g/mol. The summed E-state index contributed by atoms with van der Waals surface area (Å²) in [5.41, 5.74) is 0. The minimum Gasteiger partial charge on any atom is -0.391 e. The maximum atomic E-state index is 12.9. The van der Waals surface area contributed by atoms with E-state index < -0.39 is 20.0 Å². The van der Waals surface area contributed by atoms with Crippen LogP contribution in [0.4, 0.5) is 0 Å². The number of hydrogen-bond donors (Lipinski definition) is 3. The Morgan fingerprint density at radius 1 is 0.630 bits per heavy atom. The highest BCUT2D eigenvalue weighted by Crippen LogP contribution is 2.43. The van der Waals surface area contributed by atoms with Crippen LogP contribution < -0.4 is 5.32 Å². The molecule has 0 bridgehead atoms. The molecule has 0 aliphatic heterocycles. The van der Waals surface area contributed by atoms with Crippen LogP contribution in [0, 0.1) is 0 Å². The molecule has 0 radical (unpaired) electrons. The van der Waals surface area contributed by atoms with E-state index in [1.807, 2.05) is 21.1 Å². The van der Waals surface area contributed by atoms with E-state index in [0.29, 0.717) is 23.9 Å². The van der Waals surface area contributed by atoms with Gasteiger partial charge in [0, 0.05) is 6.42 Å². The number of carbonyl (C=O) groups is 1. The molecule has 0 spiro atoms. The van der Waals surface area contributed by atoms with Crippen molar-refractivity contribution in [3.63, 3.8) is 0 Å². The molecule has 0 fully saturated rings. The normalized spacial score (nSPS) is 14.6. The van der Waals surface area contributed by atoms with Gasteiger partial charge in [-0.2, -0.15) is 0 Å². The van der Waals surface area contributed by atoms with Gasteiger partial charge in [0.2, 0.25) is 5.91 Å². The summed E-state index contributed by atoms with van der Waals surface area (Å²) in [5, 5.41) is 14.0. The molecule has 0 aromatic rings. The van der Waals surface area contributed by atoms with E-state index in [1.54, 1.807) is 0 Å². The number of likely N-dealkylation sites (N-methyl/N-ethyl adjacent to an activating group) is 1. The number of aliphatic hydroxyl groups excluding tert-OH is 1. The van der Waals surface area contributed by atoms with Crippen LogP contribution in [0.2, 0.25) is 0 Å². The van der Waals surface area contributed by atoms with E-state index in [-0.39, 0.29) is 19.1 Å². The number of phosphoric acid groups is 1. The minimum atomic E-state index is -4.31. The van der Waals surface area contributed by atoms with E-state index >= 15 is 0 Å². The third-order valence-electron chi connectivity index (χ3n) is 10.2. The molecule has 0 saturated heterocycles. The van der Waals surface area contributed by atoms with Crippen molar-refractivity contribution >= 4 is 13.7 Å². The molecule has 3 N–H and O–H groups in total. The van der Waals surface area contributed by atoms with E-state index in [0.717, 1.165) is 64.2 Å². The lowest BCUT2D eigenvalue weighted by Gasteiger charge is -2.26. The van der Waals surface area contributed by atoms with Gasteiger partial charge in [-0.15, -0.1) is 0 Å². The zero-order valence-corrected chi connectivity index (χ0v) is 37.1. The number of nitrogens with one attached hydrogen (secondary N) is 1. The molecule has 0 aromatic carbocycles. The first-order valence-electron chi connectivity index (χ1n) is 22.7. The van der Waals surface area contributed by atoms with Crippen molar-refractivity contribution in [1.82, 2.24) is 5.32 Å². The molecular formula is C45H90N2O6P+. The first-order chi connectivity index (χ1) is 26.0. The molecule has 0 rings (SSSR count). The number of unbranched alkanes of at least 4 members (excludes halogenated alkanes) is 24. The second-order valence-electron chi connectivity index (χ2n) is 16.8. The van der Waals surface area contributed by atoms with Crippen molar-refractivity contribution in [2.75, 3.05) is 40.9 Å². The van der Waals surface area contributed by atoms with Crippen molar-refractivity contribution in [1.29, 1.82) is 0 Å². The van der Waals surface area contributed by atoms with Gasteiger partial charge < -0.3 is 19.8 Å². The van der Waals surface area contributed by atoms with Crippen molar-refractivity contribution in [2.45, 2.75) is 219 Å². The molecule has 3 atom stereocenters. The summed E-state index contributed by atoms with van der Waals surface area (Å²) in [7, 11) is 1.61. The van der Waals surface area contributed by atoms with Crippen LogP contribution in [0.5, 0.6) is 0 Å². The van der Waals surface area contributed by atoms with Gasteiger partial charge >= 0.3 is 7.82 Å². The van der Waals surface area contributed by atoms with Gasteiger partial charge in [-0.1, -0.05) is 179 Å². The maximum Gasteiger partial charge on any atom is 0.472 e. The standard InChI is InChI=1S/C45H89N2O6P/c1-6-8-10-12-14-16-18-20-22-23-25-26-28-30-32-34-36-38-44(48)43(42-53-54(50,51)52-41-40-47(3,4)5)46-45(49)39-37-35-33-31-29-27-24-21-19-17-15-13-11-9-7-2/h15,17,21,24,43-44,48H,6-14,16,18-20,22-23,25-42H2,1-5H3,(H-,46,49,50,51)/p+1/b17-15+,24-21+/t43-,44+/m0/s1. The number of aliphatic hydroxyl groups is 1. The van der Waals surface area contributed by atoms with Gasteiger partial charge in [0.15, 0.2) is 0 Å². The summed E-state index contributed by atoms with van der Waals surface area (Å²) in [6.45, 7) is 4.85. The molecule has 9 heteroatoms. The fourth-order valence-electron chi connectivity index (χ4n) is 6.55. The van der Waals surface area contributed by atoms with Gasteiger partial charge in [0.25, 0.3) is 0 Å². The second kappa shape index (κ2) is 37.6. The van der Waals surface area contributed by atoms with Crippen LogP contribution in [0.1, 0.15) is 206 Å². The molecule has 54 heavy (non-hydrogen) atoms. The Balaban J connectivity index is 4.37. The molecule has 1 unspecified atom stereocenters. The summed E-state index contributed by atoms with van der Waals surface area (Å²) in [6, 6.07) is -0.765. The Morgan fingerprint density at radius 3 is 1.56 bits per heavy atom. The number of amides is 1. The first kappa shape index (κ1) is 53.0. The molecule has 0 heterocycles. The lowest BCUT2D eigenvalue weighted by Crippen LogP contribution is -2.46. The molecular weight excluding hydrogens is 695 g/mol. The molecule has 8 nitrogen and oxygen atoms in total. The molecule has 1 amide bonds. The summed E-state index contributed by atoms with van der Waals surface area (Å²) in [6.07, 6.45) is 43.4. The van der Waals surface area contributed by atoms with Crippen molar-refractivity contribution in [3.8, 4) is 0 Å². The van der Waals surface area contributed by atoms with Gasteiger partial charge in [0.05, 0.1) is 39.9 Å². The third-order valence-corrected chi connectivity index (χ3v) is 11.2. The maximum absolute atomic E-state index is 12.9. The van der Waals surface area contributed by atoms with Crippen molar-refractivity contribution < 1.29 is 32.9 Å². The topological polar surface area (TPSA) is 105 Å². The number of allylic oxidation sites excluding steroid dienone is 4. The third kappa shape index (κ3) is 39.2. The second-order valence-corrected chi connectivity index (χ2v) is 18.2. The number of carbonyl (C=O) groups excluding carboxylic acids is 1. The lowest BCUT2D eigenvalue weighted by molar-refractivity contribution is -0.870. The fourth-order valence-corrected chi connectivity index (χ4v) is 7.28. The van der Waals surface area contributed by atoms with Crippen LogP contribution in [-0.4, -0.2) is 73.4 Å². The lowest BCUT2D eigenvalue weighted by atomic mass is 10.0. The fraction of sp³-hybridized carbons (Fsp3) is 0.889. The highest BCUT2D eigenvalue weighted by atomic mass is 31.2. The number of quaternary nitrogens is 1. The SMILES string of the molecule is CCCCC/C=C/C/C=C/CCCCCCCC(=O)N[C@@H](COP(=O)(O)OCC[N+](C)(C)C)[C@H](O)CCCCCCCCCCCCCCCCCCC. The summed E-state index contributed by atoms with van der Waals surface area (Å²) < 4.78 is 23.6. The highest BCUT2D eigenvalue weighted by molar-refractivity contribution is 7.47. The largest absolute Gasteiger partial charge is 0.472 e.